The molecule has 1 aromatic carbocycles. The summed E-state index contributed by atoms with van der Waals surface area (Å²) in [6.45, 7) is 4.13. The van der Waals surface area contributed by atoms with Crippen LogP contribution in [0.4, 0.5) is 0 Å². The molecule has 3 rings (SSSR count). The number of hydrogen-bond donors (Lipinski definition) is 2. The summed E-state index contributed by atoms with van der Waals surface area (Å²) in [4.78, 5) is 0. The first-order valence-electron chi connectivity index (χ1n) is 8.00. The number of rotatable bonds is 6. The summed E-state index contributed by atoms with van der Waals surface area (Å²) >= 11 is 0. The van der Waals surface area contributed by atoms with Crippen molar-refractivity contribution >= 4 is 0 Å². The Bertz CT molecular complexity index is 588. The maximum Gasteiger partial charge on any atom is 0.138 e. The highest BCUT2D eigenvalue weighted by Gasteiger charge is 2.13. The highest BCUT2D eigenvalue weighted by molar-refractivity contribution is 5.65. The zero-order valence-corrected chi connectivity index (χ0v) is 13.1. The molecule has 1 fully saturated rings. The van der Waals surface area contributed by atoms with E-state index in [9.17, 15) is 0 Å². The average molecular weight is 300 g/mol. The second-order valence-electron chi connectivity index (χ2n) is 5.79. The normalized spacial score (nSPS) is 15.9. The van der Waals surface area contributed by atoms with Gasteiger partial charge in [-0.1, -0.05) is 12.1 Å². The van der Waals surface area contributed by atoms with Crippen LogP contribution >= 0.6 is 0 Å². The van der Waals surface area contributed by atoms with Gasteiger partial charge in [-0.25, -0.2) is 0 Å². The van der Waals surface area contributed by atoms with E-state index >= 15 is 0 Å². The highest BCUT2D eigenvalue weighted by atomic mass is 16.5. The number of benzene rings is 1. The molecule has 0 bridgehead atoms. The molecule has 4 heteroatoms. The largest absolute Gasteiger partial charge is 0.496 e. The van der Waals surface area contributed by atoms with Gasteiger partial charge in [0.25, 0.3) is 0 Å². The fraction of sp³-hybridized carbons (Fsp3) is 0.444. The first-order chi connectivity index (χ1) is 10.9. The van der Waals surface area contributed by atoms with E-state index in [1.165, 1.54) is 12.8 Å². The van der Waals surface area contributed by atoms with Crippen LogP contribution in [0.3, 0.4) is 0 Å². The predicted molar refractivity (Wildman–Crippen MR) is 88.0 cm³/mol. The molecule has 0 aliphatic carbocycles. The summed E-state index contributed by atoms with van der Waals surface area (Å²) in [6, 6.07) is 12.0. The summed E-state index contributed by atoms with van der Waals surface area (Å²) < 4.78 is 11.3. The molecule has 0 amide bonds. The van der Waals surface area contributed by atoms with E-state index in [0.717, 1.165) is 54.9 Å². The van der Waals surface area contributed by atoms with E-state index in [0.29, 0.717) is 0 Å². The first-order valence-corrected chi connectivity index (χ1v) is 8.00. The van der Waals surface area contributed by atoms with E-state index in [2.05, 4.69) is 10.6 Å². The topological polar surface area (TPSA) is 46.4 Å². The number of hydrogen-bond acceptors (Lipinski definition) is 4. The minimum Gasteiger partial charge on any atom is -0.496 e. The Balaban J connectivity index is 1.57. The molecular formula is C18H24N2O2. The standard InChI is InChI=1S/C18H24N2O2/c1-21-17-5-3-2-4-16(17)18-7-6-15(22-18)13-20-12-14-8-10-19-11-9-14/h2-7,14,19-20H,8-13H2,1H3. The van der Waals surface area contributed by atoms with E-state index < -0.39 is 0 Å². The van der Waals surface area contributed by atoms with Gasteiger partial charge in [-0.3, -0.25) is 0 Å². The summed E-state index contributed by atoms with van der Waals surface area (Å²) in [5.74, 6) is 3.45. The minimum absolute atomic E-state index is 0.777. The predicted octanol–water partition coefficient (Wildman–Crippen LogP) is 3.04. The molecule has 1 aliphatic rings. The Hall–Kier alpha value is -1.78. The summed E-state index contributed by atoms with van der Waals surface area (Å²) in [5.41, 5.74) is 0.995. The SMILES string of the molecule is COc1ccccc1-c1ccc(CNCC2CCNCC2)o1. The van der Waals surface area contributed by atoms with Gasteiger partial charge in [0.15, 0.2) is 0 Å². The Labute approximate surface area is 131 Å². The van der Waals surface area contributed by atoms with Gasteiger partial charge in [0.1, 0.15) is 17.3 Å². The molecular weight excluding hydrogens is 276 g/mol. The Morgan fingerprint density at radius 1 is 1.18 bits per heavy atom. The fourth-order valence-corrected chi connectivity index (χ4v) is 2.95. The molecule has 0 saturated carbocycles. The number of piperidine rings is 1. The third kappa shape index (κ3) is 3.70. The second-order valence-corrected chi connectivity index (χ2v) is 5.79. The third-order valence-electron chi connectivity index (χ3n) is 4.23. The molecule has 118 valence electrons. The van der Waals surface area contributed by atoms with Crippen molar-refractivity contribution in [1.82, 2.24) is 10.6 Å². The molecule has 22 heavy (non-hydrogen) atoms. The zero-order chi connectivity index (χ0) is 15.2. The molecule has 4 nitrogen and oxygen atoms in total. The van der Waals surface area contributed by atoms with E-state index in [1.54, 1.807) is 7.11 Å². The molecule has 0 atom stereocenters. The smallest absolute Gasteiger partial charge is 0.138 e. The lowest BCUT2D eigenvalue weighted by atomic mass is 9.98. The summed E-state index contributed by atoms with van der Waals surface area (Å²) in [6.07, 6.45) is 2.52. The lowest BCUT2D eigenvalue weighted by Gasteiger charge is -2.22. The second kappa shape index (κ2) is 7.47. The van der Waals surface area contributed by atoms with Gasteiger partial charge in [0.2, 0.25) is 0 Å². The number of ether oxygens (including phenoxy) is 1. The first kappa shape index (κ1) is 15.1. The van der Waals surface area contributed by atoms with Crippen molar-refractivity contribution < 1.29 is 9.15 Å². The van der Waals surface area contributed by atoms with E-state index in [-0.39, 0.29) is 0 Å². The summed E-state index contributed by atoms with van der Waals surface area (Å²) in [5, 5.41) is 6.91. The van der Waals surface area contributed by atoms with Crippen molar-refractivity contribution in [3.05, 3.63) is 42.2 Å². The van der Waals surface area contributed by atoms with E-state index in [1.807, 2.05) is 36.4 Å². The van der Waals surface area contributed by atoms with Crippen molar-refractivity contribution in [3.8, 4) is 17.1 Å². The minimum atomic E-state index is 0.777. The quantitative estimate of drug-likeness (QED) is 0.861. The van der Waals surface area contributed by atoms with Crippen LogP contribution in [0, 0.1) is 5.92 Å². The molecule has 1 aromatic heterocycles. The molecule has 2 heterocycles. The lowest BCUT2D eigenvalue weighted by Crippen LogP contribution is -2.33. The molecule has 1 aliphatic heterocycles. The monoisotopic (exact) mass is 300 g/mol. The number of nitrogens with one attached hydrogen (secondary N) is 2. The van der Waals surface area contributed by atoms with E-state index in [4.69, 9.17) is 9.15 Å². The van der Waals surface area contributed by atoms with Crippen molar-refractivity contribution in [1.29, 1.82) is 0 Å². The van der Waals surface area contributed by atoms with Gasteiger partial charge in [0.05, 0.1) is 19.2 Å². The zero-order valence-electron chi connectivity index (χ0n) is 13.1. The fourth-order valence-electron chi connectivity index (χ4n) is 2.95. The maximum atomic E-state index is 5.95. The molecule has 0 radical (unpaired) electrons. The lowest BCUT2D eigenvalue weighted by molar-refractivity contribution is 0.350. The van der Waals surface area contributed by atoms with Crippen molar-refractivity contribution in [2.24, 2.45) is 5.92 Å². The molecule has 2 N–H and O–H groups in total. The van der Waals surface area contributed by atoms with Crippen LogP contribution in [0.2, 0.25) is 0 Å². The number of para-hydroxylation sites is 1. The Morgan fingerprint density at radius 2 is 2.00 bits per heavy atom. The highest BCUT2D eigenvalue weighted by Crippen LogP contribution is 2.30. The summed E-state index contributed by atoms with van der Waals surface area (Å²) in [7, 11) is 1.68. The van der Waals surface area contributed by atoms with Crippen LogP contribution in [0.15, 0.2) is 40.8 Å². The van der Waals surface area contributed by atoms with Gasteiger partial charge in [-0.2, -0.15) is 0 Å². The van der Waals surface area contributed by atoms with Gasteiger partial charge in [-0.05, 0) is 62.7 Å². The van der Waals surface area contributed by atoms with Crippen LogP contribution in [0.5, 0.6) is 5.75 Å². The Kier molecular flexibility index (Phi) is 5.14. The Morgan fingerprint density at radius 3 is 2.82 bits per heavy atom. The van der Waals surface area contributed by atoms with Gasteiger partial charge < -0.3 is 19.8 Å². The van der Waals surface area contributed by atoms with Crippen LogP contribution in [0.1, 0.15) is 18.6 Å². The number of furan rings is 1. The maximum absolute atomic E-state index is 5.95. The van der Waals surface area contributed by atoms with Gasteiger partial charge in [-0.15, -0.1) is 0 Å². The molecule has 1 saturated heterocycles. The van der Waals surface area contributed by atoms with Crippen LogP contribution < -0.4 is 15.4 Å². The van der Waals surface area contributed by atoms with Crippen LogP contribution in [-0.4, -0.2) is 26.7 Å². The third-order valence-corrected chi connectivity index (χ3v) is 4.23. The van der Waals surface area contributed by atoms with Crippen LogP contribution in [-0.2, 0) is 6.54 Å². The van der Waals surface area contributed by atoms with Crippen molar-refractivity contribution in [3.63, 3.8) is 0 Å². The van der Waals surface area contributed by atoms with Gasteiger partial charge in [0, 0.05) is 0 Å². The van der Waals surface area contributed by atoms with Crippen molar-refractivity contribution in [2.75, 3.05) is 26.7 Å². The average Bonchev–Trinajstić information content (AvgIpc) is 3.04. The van der Waals surface area contributed by atoms with Crippen LogP contribution in [0.25, 0.3) is 11.3 Å². The molecule has 0 unspecified atom stereocenters. The number of methoxy groups -OCH3 is 1. The van der Waals surface area contributed by atoms with Crippen molar-refractivity contribution in [2.45, 2.75) is 19.4 Å². The molecule has 2 aromatic rings. The molecule has 0 spiro atoms. The van der Waals surface area contributed by atoms with Gasteiger partial charge >= 0.3 is 0 Å².